The number of halogens is 1. The second-order valence-electron chi connectivity index (χ2n) is 5.83. The molecule has 1 aromatic rings. The van der Waals surface area contributed by atoms with Gasteiger partial charge in [0.2, 0.25) is 0 Å². The lowest BCUT2D eigenvalue weighted by atomic mass is 10.2. The van der Waals surface area contributed by atoms with Gasteiger partial charge in [-0.05, 0) is 39.8 Å². The Balaban J connectivity index is 2.78. The number of aliphatic hydroxyl groups excluding tert-OH is 1. The Labute approximate surface area is 135 Å². The number of nitrogens with one attached hydrogen (secondary N) is 1. The lowest BCUT2D eigenvalue weighted by Crippen LogP contribution is -2.37. The van der Waals surface area contributed by atoms with E-state index in [2.05, 4.69) is 17.2 Å². The van der Waals surface area contributed by atoms with Crippen molar-refractivity contribution in [3.05, 3.63) is 29.6 Å². The molecule has 1 amide bonds. The number of aliphatic hydroxyl groups is 1. The summed E-state index contributed by atoms with van der Waals surface area (Å²) in [5, 5.41) is 11.3. The van der Waals surface area contributed by atoms with Crippen molar-refractivity contribution in [3.8, 4) is 17.6 Å². The Morgan fingerprint density at radius 1 is 1.43 bits per heavy atom. The number of carbonyl (C=O) groups is 1. The first kappa shape index (κ1) is 18.8. The molecule has 0 aliphatic rings. The molecular weight excluding hydrogens is 301 g/mol. The molecule has 2 N–H and O–H groups in total. The Bertz CT molecular complexity index is 599. The Hall–Kier alpha value is -2.26. The van der Waals surface area contributed by atoms with E-state index in [9.17, 15) is 9.18 Å². The lowest BCUT2D eigenvalue weighted by molar-refractivity contribution is 0.0519. The SMILES string of the molecule is C[C@H](C#Cc1cccc(F)c1OCCO)NC(=O)OC(C)(C)C. The Kier molecular flexibility index (Phi) is 6.86. The predicted molar refractivity (Wildman–Crippen MR) is 84.7 cm³/mol. The lowest BCUT2D eigenvalue weighted by Gasteiger charge is -2.20. The van der Waals surface area contributed by atoms with E-state index in [1.165, 1.54) is 12.1 Å². The van der Waals surface area contributed by atoms with Gasteiger partial charge in [-0.3, -0.25) is 0 Å². The van der Waals surface area contributed by atoms with Crippen LogP contribution in [0.3, 0.4) is 0 Å². The predicted octanol–water partition coefficient (Wildman–Crippen LogP) is 2.46. The third-order valence-electron chi connectivity index (χ3n) is 2.46. The summed E-state index contributed by atoms with van der Waals surface area (Å²) in [6.45, 7) is 6.73. The van der Waals surface area contributed by atoms with Crippen molar-refractivity contribution in [3.63, 3.8) is 0 Å². The minimum Gasteiger partial charge on any atom is -0.487 e. The van der Waals surface area contributed by atoms with Crippen molar-refractivity contribution in [2.75, 3.05) is 13.2 Å². The molecule has 0 fully saturated rings. The van der Waals surface area contributed by atoms with Gasteiger partial charge in [-0.25, -0.2) is 9.18 Å². The molecule has 23 heavy (non-hydrogen) atoms. The highest BCUT2D eigenvalue weighted by Gasteiger charge is 2.17. The second kappa shape index (κ2) is 8.39. The van der Waals surface area contributed by atoms with E-state index in [-0.39, 0.29) is 19.0 Å². The standard InChI is InChI=1S/C17H22FNO4/c1-12(19-16(21)23-17(2,3)4)8-9-13-6-5-7-14(18)15(13)22-11-10-20/h5-7,12,20H,10-11H2,1-4H3,(H,19,21)/t12-/m1/s1. The average molecular weight is 323 g/mol. The first-order valence-electron chi connectivity index (χ1n) is 7.26. The van der Waals surface area contributed by atoms with Gasteiger partial charge in [0.1, 0.15) is 12.2 Å². The summed E-state index contributed by atoms with van der Waals surface area (Å²) in [5.41, 5.74) is -0.248. The highest BCUT2D eigenvalue weighted by atomic mass is 19.1. The third kappa shape index (κ3) is 7.02. The summed E-state index contributed by atoms with van der Waals surface area (Å²) < 4.78 is 24.0. The maximum Gasteiger partial charge on any atom is 0.408 e. The summed E-state index contributed by atoms with van der Waals surface area (Å²) >= 11 is 0. The van der Waals surface area contributed by atoms with E-state index in [1.54, 1.807) is 33.8 Å². The monoisotopic (exact) mass is 323 g/mol. The number of benzene rings is 1. The molecule has 0 heterocycles. The summed E-state index contributed by atoms with van der Waals surface area (Å²) in [6.07, 6.45) is -0.574. The molecule has 6 heteroatoms. The largest absolute Gasteiger partial charge is 0.487 e. The number of para-hydroxylation sites is 1. The number of rotatable bonds is 4. The molecule has 0 saturated carbocycles. The van der Waals surface area contributed by atoms with E-state index in [0.29, 0.717) is 5.56 Å². The minimum absolute atomic E-state index is 0.0153. The van der Waals surface area contributed by atoms with Crippen LogP contribution in [0, 0.1) is 17.7 Å². The van der Waals surface area contributed by atoms with Gasteiger partial charge in [0.25, 0.3) is 0 Å². The molecule has 1 atom stereocenters. The number of hydrogen-bond acceptors (Lipinski definition) is 4. The zero-order chi connectivity index (χ0) is 17.5. The van der Waals surface area contributed by atoms with Gasteiger partial charge in [0.15, 0.2) is 11.6 Å². The van der Waals surface area contributed by atoms with Crippen LogP contribution in [0.5, 0.6) is 5.75 Å². The van der Waals surface area contributed by atoms with Gasteiger partial charge in [0, 0.05) is 0 Å². The molecule has 5 nitrogen and oxygen atoms in total. The van der Waals surface area contributed by atoms with E-state index in [0.717, 1.165) is 0 Å². The summed E-state index contributed by atoms with van der Waals surface area (Å²) in [5.74, 6) is 4.98. The number of ether oxygens (including phenoxy) is 2. The van der Waals surface area contributed by atoms with Crippen LogP contribution in [0.25, 0.3) is 0 Å². The highest BCUT2D eigenvalue weighted by Crippen LogP contribution is 2.21. The second-order valence-corrected chi connectivity index (χ2v) is 5.83. The topological polar surface area (TPSA) is 67.8 Å². The van der Waals surface area contributed by atoms with Crippen LogP contribution in [0.1, 0.15) is 33.3 Å². The maximum absolute atomic E-state index is 13.7. The fraction of sp³-hybridized carbons (Fsp3) is 0.471. The molecule has 126 valence electrons. The molecule has 0 radical (unpaired) electrons. The van der Waals surface area contributed by atoms with Crippen molar-refractivity contribution in [1.29, 1.82) is 0 Å². The smallest absolute Gasteiger partial charge is 0.408 e. The van der Waals surface area contributed by atoms with Gasteiger partial charge in [-0.15, -0.1) is 0 Å². The fourth-order valence-corrected chi connectivity index (χ4v) is 1.61. The van der Waals surface area contributed by atoms with Gasteiger partial charge < -0.3 is 19.9 Å². The molecular formula is C17H22FNO4. The van der Waals surface area contributed by atoms with Crippen LogP contribution in [0.15, 0.2) is 18.2 Å². The quantitative estimate of drug-likeness (QED) is 0.835. The van der Waals surface area contributed by atoms with Crippen LogP contribution in [-0.2, 0) is 4.74 Å². The van der Waals surface area contributed by atoms with Crippen molar-refractivity contribution < 1.29 is 23.8 Å². The van der Waals surface area contributed by atoms with Crippen LogP contribution in [0.2, 0.25) is 0 Å². The average Bonchev–Trinajstić information content (AvgIpc) is 2.42. The summed E-state index contributed by atoms with van der Waals surface area (Å²) in [6, 6.07) is 3.87. The van der Waals surface area contributed by atoms with Crippen LogP contribution in [-0.4, -0.2) is 36.1 Å². The maximum atomic E-state index is 13.7. The Morgan fingerprint density at radius 2 is 2.13 bits per heavy atom. The fourth-order valence-electron chi connectivity index (χ4n) is 1.61. The number of carbonyl (C=O) groups excluding carboxylic acids is 1. The third-order valence-corrected chi connectivity index (χ3v) is 2.46. The number of amides is 1. The molecule has 0 aliphatic heterocycles. The zero-order valence-electron chi connectivity index (χ0n) is 13.8. The van der Waals surface area contributed by atoms with E-state index in [4.69, 9.17) is 14.6 Å². The minimum atomic E-state index is -0.592. The van der Waals surface area contributed by atoms with Gasteiger partial charge in [0.05, 0.1) is 18.2 Å². The first-order chi connectivity index (χ1) is 10.7. The molecule has 0 spiro atoms. The molecule has 1 aromatic carbocycles. The van der Waals surface area contributed by atoms with E-state index >= 15 is 0 Å². The zero-order valence-corrected chi connectivity index (χ0v) is 13.8. The van der Waals surface area contributed by atoms with Crippen LogP contribution < -0.4 is 10.1 Å². The molecule has 0 saturated heterocycles. The summed E-state index contributed by atoms with van der Waals surface area (Å²) in [7, 11) is 0. The number of alkyl carbamates (subject to hydrolysis) is 1. The first-order valence-corrected chi connectivity index (χ1v) is 7.26. The molecule has 0 aromatic heterocycles. The highest BCUT2D eigenvalue weighted by molar-refractivity contribution is 5.68. The normalized spacial score (nSPS) is 11.9. The Morgan fingerprint density at radius 3 is 2.74 bits per heavy atom. The van der Waals surface area contributed by atoms with Gasteiger partial charge in [-0.1, -0.05) is 17.9 Å². The van der Waals surface area contributed by atoms with E-state index < -0.39 is 23.6 Å². The summed E-state index contributed by atoms with van der Waals surface area (Å²) in [4.78, 5) is 11.6. The van der Waals surface area contributed by atoms with Crippen molar-refractivity contribution >= 4 is 6.09 Å². The van der Waals surface area contributed by atoms with Crippen LogP contribution >= 0.6 is 0 Å². The van der Waals surface area contributed by atoms with Crippen molar-refractivity contribution in [2.24, 2.45) is 0 Å². The molecule has 0 aliphatic carbocycles. The van der Waals surface area contributed by atoms with Crippen molar-refractivity contribution in [1.82, 2.24) is 5.32 Å². The van der Waals surface area contributed by atoms with Gasteiger partial charge in [-0.2, -0.15) is 0 Å². The van der Waals surface area contributed by atoms with Crippen molar-refractivity contribution in [2.45, 2.75) is 39.3 Å². The molecule has 0 unspecified atom stereocenters. The molecule has 1 rings (SSSR count). The molecule has 0 bridgehead atoms. The van der Waals surface area contributed by atoms with Gasteiger partial charge >= 0.3 is 6.09 Å². The van der Waals surface area contributed by atoms with E-state index in [1.807, 2.05) is 0 Å². The van der Waals surface area contributed by atoms with Crippen LogP contribution in [0.4, 0.5) is 9.18 Å². The number of hydrogen-bond donors (Lipinski definition) is 2.